The first kappa shape index (κ1) is 16.7. The number of carbonyl (C=O) groups excluding carboxylic acids is 1. The molecule has 0 spiro atoms. The van der Waals surface area contributed by atoms with Gasteiger partial charge in [0.1, 0.15) is 0 Å². The third kappa shape index (κ3) is 2.85. The van der Waals surface area contributed by atoms with Crippen LogP contribution in [0.1, 0.15) is 16.7 Å². The molecule has 0 aliphatic heterocycles. The lowest BCUT2D eigenvalue weighted by Crippen LogP contribution is -2.35. The second kappa shape index (κ2) is 7.14. The summed E-state index contributed by atoms with van der Waals surface area (Å²) < 4.78 is 5.03. The summed E-state index contributed by atoms with van der Waals surface area (Å²) >= 11 is 0. The van der Waals surface area contributed by atoms with Crippen molar-refractivity contribution in [1.82, 2.24) is 4.98 Å². The molecule has 3 nitrogen and oxygen atoms in total. The van der Waals surface area contributed by atoms with Crippen molar-refractivity contribution in [2.24, 2.45) is 0 Å². The third-order valence-electron chi connectivity index (χ3n) is 4.41. The Bertz CT molecular complexity index is 762. The summed E-state index contributed by atoms with van der Waals surface area (Å²) in [4.78, 5) is 16.7. The molecule has 0 fully saturated rings. The molecular weight excluding hydrogens is 310 g/mol. The van der Waals surface area contributed by atoms with Gasteiger partial charge in [-0.2, -0.15) is 0 Å². The monoisotopic (exact) mass is 329 g/mol. The van der Waals surface area contributed by atoms with Gasteiger partial charge < -0.3 is 4.74 Å². The lowest BCUT2D eigenvalue weighted by Gasteiger charge is -2.36. The Balaban J connectivity index is 2.40. The van der Waals surface area contributed by atoms with Gasteiger partial charge in [-0.3, -0.25) is 4.98 Å². The van der Waals surface area contributed by atoms with E-state index in [9.17, 15) is 4.79 Å². The van der Waals surface area contributed by atoms with Gasteiger partial charge in [0.05, 0.1) is 12.5 Å². The van der Waals surface area contributed by atoms with E-state index in [1.165, 1.54) is 7.11 Å². The van der Waals surface area contributed by atoms with Crippen LogP contribution in [-0.2, 0) is 14.9 Å². The zero-order chi connectivity index (χ0) is 17.7. The molecular formula is C22H19NO2. The minimum Gasteiger partial charge on any atom is -0.466 e. The van der Waals surface area contributed by atoms with Crippen molar-refractivity contribution >= 4 is 5.97 Å². The van der Waals surface area contributed by atoms with E-state index in [1.54, 1.807) is 12.4 Å². The van der Waals surface area contributed by atoms with E-state index in [1.807, 2.05) is 72.8 Å². The maximum absolute atomic E-state index is 12.5. The summed E-state index contributed by atoms with van der Waals surface area (Å²) in [6.07, 6.45) is 3.45. The van der Waals surface area contributed by atoms with Crippen LogP contribution in [0.15, 0.2) is 97.3 Å². The number of ether oxygens (including phenoxy) is 1. The molecule has 0 bridgehead atoms. The molecule has 0 saturated heterocycles. The van der Waals surface area contributed by atoms with E-state index in [0.29, 0.717) is 5.57 Å². The molecule has 1 heterocycles. The maximum Gasteiger partial charge on any atom is 0.334 e. The van der Waals surface area contributed by atoms with Gasteiger partial charge in [-0.25, -0.2) is 4.79 Å². The van der Waals surface area contributed by atoms with Gasteiger partial charge in [-0.1, -0.05) is 67.2 Å². The summed E-state index contributed by atoms with van der Waals surface area (Å²) in [6, 6.07) is 23.6. The zero-order valence-electron chi connectivity index (χ0n) is 14.1. The molecule has 0 atom stereocenters. The van der Waals surface area contributed by atoms with Gasteiger partial charge >= 0.3 is 5.97 Å². The Hall–Kier alpha value is -3.20. The van der Waals surface area contributed by atoms with Gasteiger partial charge in [0.2, 0.25) is 0 Å². The van der Waals surface area contributed by atoms with Crippen molar-refractivity contribution in [3.63, 3.8) is 0 Å². The number of carbonyl (C=O) groups is 1. The predicted octanol–water partition coefficient (Wildman–Crippen LogP) is 4.15. The van der Waals surface area contributed by atoms with Gasteiger partial charge in [0, 0.05) is 18.0 Å². The standard InChI is InChI=1S/C22H19NO2/c1-17(21(24)25-2)22(18-9-5-3-6-10-18,19-11-7-4-8-12-19)20-13-15-23-16-14-20/h3-16H,1H2,2H3. The largest absolute Gasteiger partial charge is 0.466 e. The van der Waals surface area contributed by atoms with Gasteiger partial charge in [0.25, 0.3) is 0 Å². The van der Waals surface area contributed by atoms with Crippen LogP contribution >= 0.6 is 0 Å². The molecule has 0 unspecified atom stereocenters. The fraction of sp³-hybridized carbons (Fsp3) is 0.0909. The maximum atomic E-state index is 12.5. The Morgan fingerprint density at radius 1 is 0.840 bits per heavy atom. The first-order chi connectivity index (χ1) is 12.2. The summed E-state index contributed by atoms with van der Waals surface area (Å²) in [5.41, 5.74) is 2.32. The summed E-state index contributed by atoms with van der Waals surface area (Å²) in [5.74, 6) is -0.440. The minimum atomic E-state index is -0.849. The Labute approximate surface area is 147 Å². The van der Waals surface area contributed by atoms with E-state index < -0.39 is 11.4 Å². The van der Waals surface area contributed by atoms with E-state index in [-0.39, 0.29) is 0 Å². The van der Waals surface area contributed by atoms with Crippen LogP contribution in [-0.4, -0.2) is 18.1 Å². The third-order valence-corrected chi connectivity index (χ3v) is 4.41. The molecule has 0 N–H and O–H groups in total. The molecule has 0 radical (unpaired) electrons. The summed E-state index contributed by atoms with van der Waals surface area (Å²) in [7, 11) is 1.38. The lowest BCUT2D eigenvalue weighted by atomic mass is 9.65. The molecule has 0 saturated carbocycles. The molecule has 0 amide bonds. The average molecular weight is 329 g/mol. The number of hydrogen-bond donors (Lipinski definition) is 0. The number of benzene rings is 2. The van der Waals surface area contributed by atoms with Crippen molar-refractivity contribution in [2.75, 3.05) is 7.11 Å². The fourth-order valence-electron chi connectivity index (χ4n) is 3.28. The van der Waals surface area contributed by atoms with Crippen LogP contribution in [0.2, 0.25) is 0 Å². The highest BCUT2D eigenvalue weighted by molar-refractivity contribution is 5.93. The lowest BCUT2D eigenvalue weighted by molar-refractivity contribution is -0.136. The van der Waals surface area contributed by atoms with E-state index in [2.05, 4.69) is 11.6 Å². The number of esters is 1. The Morgan fingerprint density at radius 2 is 1.28 bits per heavy atom. The predicted molar refractivity (Wildman–Crippen MR) is 98.2 cm³/mol. The summed E-state index contributed by atoms with van der Waals surface area (Å²) in [5, 5.41) is 0. The molecule has 25 heavy (non-hydrogen) atoms. The topological polar surface area (TPSA) is 39.2 Å². The number of aromatic nitrogens is 1. The van der Waals surface area contributed by atoms with E-state index >= 15 is 0 Å². The smallest absolute Gasteiger partial charge is 0.334 e. The Kier molecular flexibility index (Phi) is 4.75. The first-order valence-corrected chi connectivity index (χ1v) is 8.00. The normalized spacial score (nSPS) is 10.9. The molecule has 124 valence electrons. The van der Waals surface area contributed by atoms with E-state index in [0.717, 1.165) is 16.7 Å². The Morgan fingerprint density at radius 3 is 1.72 bits per heavy atom. The average Bonchev–Trinajstić information content (AvgIpc) is 2.70. The van der Waals surface area contributed by atoms with Crippen LogP contribution in [0.25, 0.3) is 0 Å². The quantitative estimate of drug-likeness (QED) is 0.521. The van der Waals surface area contributed by atoms with Crippen LogP contribution in [0, 0.1) is 0 Å². The van der Waals surface area contributed by atoms with Crippen molar-refractivity contribution in [1.29, 1.82) is 0 Å². The van der Waals surface area contributed by atoms with Crippen molar-refractivity contribution in [2.45, 2.75) is 5.41 Å². The molecule has 3 aromatic rings. The number of nitrogens with zero attached hydrogens (tertiary/aromatic N) is 1. The molecule has 0 aliphatic rings. The highest BCUT2D eigenvalue weighted by Crippen LogP contribution is 2.44. The van der Waals surface area contributed by atoms with Crippen molar-refractivity contribution in [3.05, 3.63) is 114 Å². The van der Waals surface area contributed by atoms with Crippen LogP contribution in [0.4, 0.5) is 0 Å². The van der Waals surface area contributed by atoms with Gasteiger partial charge in [-0.05, 0) is 28.8 Å². The van der Waals surface area contributed by atoms with Gasteiger partial charge in [-0.15, -0.1) is 0 Å². The van der Waals surface area contributed by atoms with Crippen molar-refractivity contribution < 1.29 is 9.53 Å². The van der Waals surface area contributed by atoms with Crippen LogP contribution < -0.4 is 0 Å². The van der Waals surface area contributed by atoms with Crippen LogP contribution in [0.3, 0.4) is 0 Å². The number of rotatable bonds is 5. The molecule has 3 rings (SSSR count). The van der Waals surface area contributed by atoms with Gasteiger partial charge in [0.15, 0.2) is 0 Å². The fourth-order valence-corrected chi connectivity index (χ4v) is 3.28. The number of pyridine rings is 1. The molecule has 1 aromatic heterocycles. The highest BCUT2D eigenvalue weighted by Gasteiger charge is 2.42. The second-order valence-electron chi connectivity index (χ2n) is 5.69. The number of hydrogen-bond acceptors (Lipinski definition) is 3. The molecule has 2 aromatic carbocycles. The SMILES string of the molecule is C=C(C(=O)OC)C(c1ccccc1)(c1ccccc1)c1ccncc1. The molecule has 0 aliphatic carbocycles. The minimum absolute atomic E-state index is 0.360. The summed E-state index contributed by atoms with van der Waals surface area (Å²) in [6.45, 7) is 4.13. The zero-order valence-corrected chi connectivity index (χ0v) is 14.1. The van der Waals surface area contributed by atoms with Crippen molar-refractivity contribution in [3.8, 4) is 0 Å². The van der Waals surface area contributed by atoms with Crippen LogP contribution in [0.5, 0.6) is 0 Å². The highest BCUT2D eigenvalue weighted by atomic mass is 16.5. The first-order valence-electron chi connectivity index (χ1n) is 8.00. The second-order valence-corrected chi connectivity index (χ2v) is 5.69. The van der Waals surface area contributed by atoms with E-state index in [4.69, 9.17) is 4.74 Å². The number of methoxy groups -OCH3 is 1. The molecule has 3 heteroatoms.